The second kappa shape index (κ2) is 7.78. The molecule has 1 aliphatic heterocycles. The number of carboxylic acid groups (broad SMARTS) is 1. The Morgan fingerprint density at radius 2 is 1.93 bits per heavy atom. The normalized spacial score (nSPS) is 23.7. The lowest BCUT2D eigenvalue weighted by Crippen LogP contribution is -2.31. The molecule has 11 nitrogen and oxygen atoms in total. The van der Waals surface area contributed by atoms with E-state index >= 15 is 0 Å². The summed E-state index contributed by atoms with van der Waals surface area (Å²) in [6.07, 6.45) is -1.91. The first-order chi connectivity index (χ1) is 14.4. The minimum atomic E-state index is -1.32. The summed E-state index contributed by atoms with van der Waals surface area (Å²) in [6, 6.07) is 5.67. The van der Waals surface area contributed by atoms with Gasteiger partial charge in [-0.3, -0.25) is 14.2 Å². The monoisotopic (exact) mass is 414 g/mol. The molecule has 0 radical (unpaired) electrons. The van der Waals surface area contributed by atoms with Gasteiger partial charge in [-0.1, -0.05) is 12.1 Å². The first kappa shape index (κ1) is 19.9. The van der Waals surface area contributed by atoms with Crippen molar-refractivity contribution in [2.75, 3.05) is 0 Å². The van der Waals surface area contributed by atoms with Gasteiger partial charge in [-0.2, -0.15) is 0 Å². The maximum atomic E-state index is 12.4. The van der Waals surface area contributed by atoms with Crippen LogP contribution in [-0.2, 0) is 4.74 Å². The van der Waals surface area contributed by atoms with Gasteiger partial charge in [0.15, 0.2) is 23.2 Å². The molecule has 1 saturated heterocycles. The van der Waals surface area contributed by atoms with Crippen LogP contribution >= 0.6 is 0 Å². The number of fused-ring (bicyclic) bond motifs is 1. The van der Waals surface area contributed by atoms with Gasteiger partial charge in [0.25, 0.3) is 5.56 Å². The molecule has 4 rings (SSSR count). The van der Waals surface area contributed by atoms with Crippen molar-refractivity contribution in [1.82, 2.24) is 19.5 Å². The summed E-state index contributed by atoms with van der Waals surface area (Å²) >= 11 is 0. The lowest BCUT2D eigenvalue weighted by atomic mass is 10.00. The number of hydrogen-bond donors (Lipinski definition) is 4. The fourth-order valence-electron chi connectivity index (χ4n) is 3.49. The molecule has 0 saturated carbocycles. The van der Waals surface area contributed by atoms with Crippen LogP contribution in [0.1, 0.15) is 39.8 Å². The van der Waals surface area contributed by atoms with Crippen molar-refractivity contribution >= 4 is 22.9 Å². The van der Waals surface area contributed by atoms with E-state index in [1.807, 2.05) is 0 Å². The van der Waals surface area contributed by atoms with Crippen LogP contribution in [0.4, 0.5) is 0 Å². The van der Waals surface area contributed by atoms with Crippen molar-refractivity contribution in [3.05, 3.63) is 58.4 Å². The summed E-state index contributed by atoms with van der Waals surface area (Å²) in [7, 11) is 0. The number of carbonyl (C=O) groups excluding carboxylic acids is 1. The third-order valence-corrected chi connectivity index (χ3v) is 5.06. The Morgan fingerprint density at radius 1 is 1.17 bits per heavy atom. The van der Waals surface area contributed by atoms with E-state index in [0.717, 1.165) is 0 Å². The molecule has 1 fully saturated rings. The van der Waals surface area contributed by atoms with Crippen molar-refractivity contribution in [2.24, 2.45) is 0 Å². The molecule has 1 aliphatic rings. The number of aliphatic hydroxyl groups excluding tert-OH is 2. The average Bonchev–Trinajstić information content (AvgIpc) is 3.29. The standard InChI is InChI=1S/C19H18N4O7/c24-11(9-2-1-3-10(6-9)19(28)29)4-5-12-14(25)15(26)18(30-12)23-8-22-13-16(23)20-7-21-17(13)27/h1-3,6-8,12,14-15,18,25-26H,4-5H2,(H,28,29)(H,20,21,27)/t12-,14+,15-,18+/m0/s1. The number of ether oxygens (including phenoxy) is 1. The van der Waals surface area contributed by atoms with E-state index in [1.165, 1.54) is 41.5 Å². The molecule has 4 N–H and O–H groups in total. The quantitative estimate of drug-likeness (QED) is 0.409. The van der Waals surface area contributed by atoms with Gasteiger partial charge in [0.2, 0.25) is 0 Å². The third kappa shape index (κ3) is 3.49. The number of hydrogen-bond acceptors (Lipinski definition) is 8. The number of benzene rings is 1. The topological polar surface area (TPSA) is 168 Å². The summed E-state index contributed by atoms with van der Waals surface area (Å²) in [5.74, 6) is -1.45. The highest BCUT2D eigenvalue weighted by Gasteiger charge is 2.44. The Morgan fingerprint density at radius 3 is 2.70 bits per heavy atom. The van der Waals surface area contributed by atoms with Gasteiger partial charge in [0.1, 0.15) is 12.2 Å². The summed E-state index contributed by atoms with van der Waals surface area (Å²) in [4.78, 5) is 45.7. The number of H-pyrrole nitrogens is 1. The van der Waals surface area contributed by atoms with Gasteiger partial charge < -0.3 is 25.0 Å². The van der Waals surface area contributed by atoms with E-state index in [-0.39, 0.29) is 40.9 Å². The zero-order valence-corrected chi connectivity index (χ0v) is 15.5. The Kier molecular flexibility index (Phi) is 5.16. The summed E-state index contributed by atoms with van der Waals surface area (Å²) in [5.41, 5.74) is 0.0564. The van der Waals surface area contributed by atoms with Crippen molar-refractivity contribution < 1.29 is 29.6 Å². The molecule has 0 unspecified atom stereocenters. The molecule has 3 heterocycles. The zero-order valence-electron chi connectivity index (χ0n) is 15.5. The predicted octanol–water partition coefficient (Wildman–Crippen LogP) is 0.100. The highest BCUT2D eigenvalue weighted by molar-refractivity contribution is 5.98. The molecular formula is C19H18N4O7. The fourth-order valence-corrected chi connectivity index (χ4v) is 3.49. The van der Waals surface area contributed by atoms with Crippen LogP contribution in [0.25, 0.3) is 11.2 Å². The van der Waals surface area contributed by atoms with Gasteiger partial charge in [-0.15, -0.1) is 0 Å². The largest absolute Gasteiger partial charge is 0.478 e. The molecule has 3 aromatic rings. The molecule has 156 valence electrons. The van der Waals surface area contributed by atoms with Crippen LogP contribution in [-0.4, -0.2) is 64.9 Å². The Labute approximate surface area is 168 Å². The number of nitrogens with one attached hydrogen (secondary N) is 1. The number of imidazole rings is 1. The number of ketones is 1. The molecule has 0 aliphatic carbocycles. The molecule has 0 spiro atoms. The van der Waals surface area contributed by atoms with Crippen molar-refractivity contribution in [3.63, 3.8) is 0 Å². The Bertz CT molecular complexity index is 1170. The number of carboxylic acids is 1. The number of aromatic amines is 1. The van der Waals surface area contributed by atoms with E-state index < -0.39 is 36.1 Å². The third-order valence-electron chi connectivity index (χ3n) is 5.06. The maximum Gasteiger partial charge on any atom is 0.335 e. The number of aliphatic hydroxyl groups is 2. The number of aromatic carboxylic acids is 1. The SMILES string of the molecule is O=C(O)c1cccc(C(=O)CC[C@@H]2O[C@@H](n3cnc4c(=O)[nH]cnc43)[C@@H](O)[C@@H]2O)c1. The van der Waals surface area contributed by atoms with E-state index in [0.29, 0.717) is 0 Å². The van der Waals surface area contributed by atoms with Crippen LogP contribution < -0.4 is 5.56 Å². The van der Waals surface area contributed by atoms with E-state index in [4.69, 9.17) is 9.84 Å². The fraction of sp³-hybridized carbons (Fsp3) is 0.316. The minimum Gasteiger partial charge on any atom is -0.478 e. The first-order valence-electron chi connectivity index (χ1n) is 9.15. The lowest BCUT2D eigenvalue weighted by Gasteiger charge is -2.16. The van der Waals surface area contributed by atoms with E-state index in [9.17, 15) is 24.6 Å². The summed E-state index contributed by atoms with van der Waals surface area (Å²) in [5, 5.41) is 29.8. The average molecular weight is 414 g/mol. The van der Waals surface area contributed by atoms with Crippen LogP contribution in [0.15, 0.2) is 41.7 Å². The lowest BCUT2D eigenvalue weighted by molar-refractivity contribution is -0.0369. The van der Waals surface area contributed by atoms with Gasteiger partial charge in [0, 0.05) is 12.0 Å². The van der Waals surface area contributed by atoms with E-state index in [2.05, 4.69) is 15.0 Å². The minimum absolute atomic E-state index is 0.00274. The second-order valence-corrected chi connectivity index (χ2v) is 6.95. The van der Waals surface area contributed by atoms with Crippen molar-refractivity contribution in [2.45, 2.75) is 37.4 Å². The van der Waals surface area contributed by atoms with Gasteiger partial charge >= 0.3 is 5.97 Å². The highest BCUT2D eigenvalue weighted by Crippen LogP contribution is 2.33. The molecule has 11 heteroatoms. The number of carbonyl (C=O) groups is 2. The van der Waals surface area contributed by atoms with Gasteiger partial charge in [-0.25, -0.2) is 14.8 Å². The number of Topliss-reactive ketones (excluding diaryl/α,β-unsaturated/α-hetero) is 1. The van der Waals surface area contributed by atoms with Crippen molar-refractivity contribution in [3.8, 4) is 0 Å². The molecule has 1 aromatic carbocycles. The van der Waals surface area contributed by atoms with Crippen molar-refractivity contribution in [1.29, 1.82) is 0 Å². The van der Waals surface area contributed by atoms with Crippen LogP contribution in [0.5, 0.6) is 0 Å². The number of nitrogens with zero attached hydrogens (tertiary/aromatic N) is 3. The van der Waals surface area contributed by atoms with Crippen LogP contribution in [0.2, 0.25) is 0 Å². The molecule has 2 aromatic heterocycles. The first-order valence-corrected chi connectivity index (χ1v) is 9.15. The summed E-state index contributed by atoms with van der Waals surface area (Å²) in [6.45, 7) is 0. The molecule has 4 atom stereocenters. The zero-order chi connectivity index (χ0) is 21.4. The Balaban J connectivity index is 1.48. The van der Waals surface area contributed by atoms with Gasteiger partial charge in [-0.05, 0) is 18.6 Å². The molecule has 0 amide bonds. The second-order valence-electron chi connectivity index (χ2n) is 6.95. The molecule has 30 heavy (non-hydrogen) atoms. The Hall–Kier alpha value is -3.41. The molecule has 0 bridgehead atoms. The van der Waals surface area contributed by atoms with Crippen LogP contribution in [0.3, 0.4) is 0 Å². The van der Waals surface area contributed by atoms with Gasteiger partial charge in [0.05, 0.1) is 24.3 Å². The smallest absolute Gasteiger partial charge is 0.335 e. The molecular weight excluding hydrogens is 396 g/mol. The number of rotatable bonds is 6. The predicted molar refractivity (Wildman–Crippen MR) is 101 cm³/mol. The van der Waals surface area contributed by atoms with E-state index in [1.54, 1.807) is 0 Å². The van der Waals surface area contributed by atoms with Crippen LogP contribution in [0, 0.1) is 0 Å². The maximum absolute atomic E-state index is 12.4. The number of aromatic nitrogens is 4. The highest BCUT2D eigenvalue weighted by atomic mass is 16.6. The summed E-state index contributed by atoms with van der Waals surface area (Å²) < 4.78 is 7.11.